The molecule has 0 aliphatic carbocycles. The van der Waals surface area contributed by atoms with E-state index in [4.69, 9.17) is 33.4 Å². The minimum absolute atomic E-state index is 0.0956. The fourth-order valence-electron chi connectivity index (χ4n) is 1.55. The molecule has 22 heavy (non-hydrogen) atoms. The molecule has 0 fully saturated rings. The molecule has 0 atom stereocenters. The molecule has 0 aliphatic rings. The molecule has 0 aliphatic heterocycles. The molecule has 2 aromatic rings. The largest absolute Gasteiger partial charge is 0.444 e. The number of halogens is 3. The molecule has 9 heteroatoms. The molecule has 6 nitrogen and oxygen atoms in total. The van der Waals surface area contributed by atoms with E-state index >= 15 is 0 Å². The maximum absolute atomic E-state index is 11.8. The van der Waals surface area contributed by atoms with Crippen molar-refractivity contribution in [2.45, 2.75) is 0 Å². The van der Waals surface area contributed by atoms with Gasteiger partial charge in [0.1, 0.15) is 0 Å². The van der Waals surface area contributed by atoms with Crippen LogP contribution < -0.4 is 16.4 Å². The lowest BCUT2D eigenvalue weighted by atomic mass is 10.3. The molecule has 0 radical (unpaired) electrons. The van der Waals surface area contributed by atoms with E-state index in [9.17, 15) is 9.59 Å². The predicted octanol–water partition coefficient (Wildman–Crippen LogP) is 3.30. The second-order valence-corrected chi connectivity index (χ2v) is 5.78. The third-order valence-corrected chi connectivity index (χ3v) is 3.62. The third kappa shape index (κ3) is 4.16. The molecular weight excluding hydrogens is 397 g/mol. The molecule has 0 unspecified atom stereocenters. The minimum atomic E-state index is -0.505. The van der Waals surface area contributed by atoms with Crippen molar-refractivity contribution in [3.05, 3.63) is 44.7 Å². The van der Waals surface area contributed by atoms with E-state index in [1.54, 1.807) is 6.07 Å². The van der Waals surface area contributed by atoms with Crippen molar-refractivity contribution in [2.24, 2.45) is 0 Å². The first-order valence-corrected chi connectivity index (χ1v) is 7.49. The lowest BCUT2D eigenvalue weighted by Crippen LogP contribution is -2.32. The highest BCUT2D eigenvalue weighted by atomic mass is 79.9. The number of anilines is 2. The third-order valence-electron chi connectivity index (χ3n) is 2.57. The maximum Gasteiger partial charge on any atom is 0.287 e. The summed E-state index contributed by atoms with van der Waals surface area (Å²) < 4.78 is 5.49. The van der Waals surface area contributed by atoms with Crippen LogP contribution in [-0.2, 0) is 4.79 Å². The van der Waals surface area contributed by atoms with E-state index in [1.807, 2.05) is 0 Å². The highest BCUT2D eigenvalue weighted by molar-refractivity contribution is 9.10. The van der Waals surface area contributed by atoms with Crippen LogP contribution in [0.15, 0.2) is 33.4 Å². The summed E-state index contributed by atoms with van der Waals surface area (Å²) >= 11 is 14.8. The lowest BCUT2D eigenvalue weighted by Gasteiger charge is -2.09. The van der Waals surface area contributed by atoms with Crippen LogP contribution >= 0.6 is 39.1 Å². The standard InChI is InChI=1S/C13H10BrCl2N3O3/c14-10-2-1-9(22-10)13(21)18-5-11(20)19-6-3-7(15)12(17)8(16)4-6/h1-4H,5,17H2,(H,18,21)(H,19,20). The van der Waals surface area contributed by atoms with Crippen LogP contribution in [0, 0.1) is 0 Å². The van der Waals surface area contributed by atoms with Crippen molar-refractivity contribution >= 4 is 62.3 Å². The van der Waals surface area contributed by atoms with Gasteiger partial charge >= 0.3 is 0 Å². The highest BCUT2D eigenvalue weighted by Crippen LogP contribution is 2.30. The van der Waals surface area contributed by atoms with Crippen molar-refractivity contribution < 1.29 is 14.0 Å². The van der Waals surface area contributed by atoms with Crippen LogP contribution in [0.2, 0.25) is 10.0 Å². The van der Waals surface area contributed by atoms with Gasteiger partial charge < -0.3 is 20.8 Å². The Labute approximate surface area is 144 Å². The van der Waals surface area contributed by atoms with Gasteiger partial charge in [0.2, 0.25) is 5.91 Å². The van der Waals surface area contributed by atoms with E-state index < -0.39 is 11.8 Å². The smallest absolute Gasteiger partial charge is 0.287 e. The number of carbonyl (C=O) groups is 2. The van der Waals surface area contributed by atoms with Gasteiger partial charge in [-0.1, -0.05) is 23.2 Å². The molecule has 0 bridgehead atoms. The molecule has 1 heterocycles. The van der Waals surface area contributed by atoms with Crippen molar-refractivity contribution in [2.75, 3.05) is 17.6 Å². The van der Waals surface area contributed by atoms with Crippen LogP contribution in [0.4, 0.5) is 11.4 Å². The number of furan rings is 1. The molecular formula is C13H10BrCl2N3O3. The van der Waals surface area contributed by atoms with Crippen molar-refractivity contribution in [1.82, 2.24) is 5.32 Å². The SMILES string of the molecule is Nc1c(Cl)cc(NC(=O)CNC(=O)c2ccc(Br)o2)cc1Cl. The Hall–Kier alpha value is -1.70. The van der Waals surface area contributed by atoms with Crippen LogP contribution in [0.3, 0.4) is 0 Å². The molecule has 0 saturated carbocycles. The number of nitrogens with two attached hydrogens (primary N) is 1. The molecule has 116 valence electrons. The molecule has 1 aromatic heterocycles. The second kappa shape index (κ2) is 7.04. The summed E-state index contributed by atoms with van der Waals surface area (Å²) in [6.07, 6.45) is 0. The quantitative estimate of drug-likeness (QED) is 0.678. The zero-order valence-corrected chi connectivity index (χ0v) is 14.1. The van der Waals surface area contributed by atoms with Crippen LogP contribution in [0.1, 0.15) is 10.6 Å². The number of carbonyl (C=O) groups excluding carboxylic acids is 2. The summed E-state index contributed by atoms with van der Waals surface area (Å²) in [5, 5.41) is 5.42. The lowest BCUT2D eigenvalue weighted by molar-refractivity contribution is -0.115. The Morgan fingerprint density at radius 1 is 1.23 bits per heavy atom. The van der Waals surface area contributed by atoms with E-state index in [-0.39, 0.29) is 28.0 Å². The van der Waals surface area contributed by atoms with Gasteiger partial charge in [0, 0.05) is 5.69 Å². The number of rotatable bonds is 4. The summed E-state index contributed by atoms with van der Waals surface area (Å²) in [6.45, 7) is -0.239. The Bertz CT molecular complexity index is 710. The Morgan fingerprint density at radius 3 is 2.41 bits per heavy atom. The maximum atomic E-state index is 11.8. The van der Waals surface area contributed by atoms with E-state index in [1.165, 1.54) is 18.2 Å². The number of benzene rings is 1. The van der Waals surface area contributed by atoms with Gasteiger partial charge in [-0.25, -0.2) is 0 Å². The van der Waals surface area contributed by atoms with Crippen molar-refractivity contribution in [3.8, 4) is 0 Å². The molecule has 2 rings (SSSR count). The first-order valence-electron chi connectivity index (χ1n) is 5.94. The highest BCUT2D eigenvalue weighted by Gasteiger charge is 2.12. The molecule has 0 saturated heterocycles. The number of nitrogen functional groups attached to an aromatic ring is 1. The first-order chi connectivity index (χ1) is 10.4. The summed E-state index contributed by atoms with van der Waals surface area (Å²) in [5.41, 5.74) is 6.21. The Kier molecular flexibility index (Phi) is 5.33. The van der Waals surface area contributed by atoms with Gasteiger partial charge in [-0.2, -0.15) is 0 Å². The zero-order chi connectivity index (χ0) is 16.3. The number of nitrogens with one attached hydrogen (secondary N) is 2. The fraction of sp³-hybridized carbons (Fsp3) is 0.0769. The molecule has 1 aromatic carbocycles. The normalized spacial score (nSPS) is 10.3. The van der Waals surface area contributed by atoms with Gasteiger partial charge in [-0.3, -0.25) is 9.59 Å². The monoisotopic (exact) mass is 405 g/mol. The van der Waals surface area contributed by atoms with E-state index in [2.05, 4.69) is 26.6 Å². The molecule has 2 amide bonds. The van der Waals surface area contributed by atoms with E-state index in [0.29, 0.717) is 10.4 Å². The minimum Gasteiger partial charge on any atom is -0.444 e. The van der Waals surface area contributed by atoms with Crippen molar-refractivity contribution in [3.63, 3.8) is 0 Å². The van der Waals surface area contributed by atoms with Gasteiger partial charge in [0.05, 0.1) is 22.3 Å². The summed E-state index contributed by atoms with van der Waals surface area (Å²) in [7, 11) is 0. The van der Waals surface area contributed by atoms with Gasteiger partial charge in [0.15, 0.2) is 10.4 Å². The number of amides is 2. The second-order valence-electron chi connectivity index (χ2n) is 4.19. The number of hydrogen-bond donors (Lipinski definition) is 3. The average molecular weight is 407 g/mol. The average Bonchev–Trinajstić information content (AvgIpc) is 2.89. The van der Waals surface area contributed by atoms with E-state index in [0.717, 1.165) is 0 Å². The summed E-state index contributed by atoms with van der Waals surface area (Å²) in [4.78, 5) is 23.5. The van der Waals surface area contributed by atoms with Crippen molar-refractivity contribution in [1.29, 1.82) is 0 Å². The Balaban J connectivity index is 1.92. The first kappa shape index (κ1) is 16.7. The van der Waals surface area contributed by atoms with Gasteiger partial charge in [-0.15, -0.1) is 0 Å². The van der Waals surface area contributed by atoms with Crippen LogP contribution in [0.25, 0.3) is 0 Å². The fourth-order valence-corrected chi connectivity index (χ4v) is 2.34. The zero-order valence-electron chi connectivity index (χ0n) is 11.0. The topological polar surface area (TPSA) is 97.4 Å². The Morgan fingerprint density at radius 2 is 1.86 bits per heavy atom. The van der Waals surface area contributed by atoms with Crippen LogP contribution in [0.5, 0.6) is 0 Å². The summed E-state index contributed by atoms with van der Waals surface area (Å²) in [5.74, 6) is -0.858. The molecule has 0 spiro atoms. The molecule has 4 N–H and O–H groups in total. The van der Waals surface area contributed by atoms with Gasteiger partial charge in [-0.05, 0) is 40.2 Å². The van der Waals surface area contributed by atoms with Gasteiger partial charge in [0.25, 0.3) is 5.91 Å². The van der Waals surface area contributed by atoms with Crippen LogP contribution in [-0.4, -0.2) is 18.4 Å². The summed E-state index contributed by atoms with van der Waals surface area (Å²) in [6, 6.07) is 5.99. The predicted molar refractivity (Wildman–Crippen MR) is 88.2 cm³/mol. The number of hydrogen-bond acceptors (Lipinski definition) is 4.